The van der Waals surface area contributed by atoms with E-state index in [-0.39, 0.29) is 22.3 Å². The first-order chi connectivity index (χ1) is 6.90. The van der Waals surface area contributed by atoms with E-state index in [1.54, 1.807) is 0 Å². The van der Waals surface area contributed by atoms with Crippen LogP contribution in [0.2, 0.25) is 0 Å². The molecule has 0 fully saturated rings. The van der Waals surface area contributed by atoms with E-state index in [4.69, 9.17) is 0 Å². The highest BCUT2D eigenvalue weighted by molar-refractivity contribution is 5.82. The lowest BCUT2D eigenvalue weighted by Crippen LogP contribution is -1.79. The molecule has 0 spiro atoms. The van der Waals surface area contributed by atoms with Crippen molar-refractivity contribution in [2.45, 2.75) is 49.5 Å². The summed E-state index contributed by atoms with van der Waals surface area (Å²) in [6, 6.07) is 15.1. The summed E-state index contributed by atoms with van der Waals surface area (Å²) in [7, 11) is 0. The Bertz CT molecular complexity index is 388. The second-order valence-corrected chi connectivity index (χ2v) is 3.04. The van der Waals surface area contributed by atoms with Gasteiger partial charge in [-0.05, 0) is 22.8 Å². The molecule has 0 aliphatic rings. The van der Waals surface area contributed by atoms with Gasteiger partial charge in [-0.25, -0.2) is 0 Å². The van der Waals surface area contributed by atoms with Gasteiger partial charge in [0.1, 0.15) is 0 Å². The molecule has 0 radical (unpaired) electrons. The summed E-state index contributed by atoms with van der Waals surface area (Å²) in [4.78, 5) is 0. The molecule has 0 N–H and O–H groups in total. The van der Waals surface area contributed by atoms with E-state index >= 15 is 0 Å². The summed E-state index contributed by atoms with van der Waals surface area (Å²) in [6.45, 7) is 6.18. The number of benzene rings is 2. The van der Waals surface area contributed by atoms with Gasteiger partial charge in [0.05, 0.1) is 0 Å². The topological polar surface area (TPSA) is 0 Å². The van der Waals surface area contributed by atoms with Crippen LogP contribution in [0.25, 0.3) is 10.8 Å². The van der Waals surface area contributed by atoms with Crippen LogP contribution >= 0.6 is 0 Å². The molecule has 0 heterocycles. The van der Waals surface area contributed by atoms with Crippen LogP contribution in [0.4, 0.5) is 0 Å². The molecule has 0 aliphatic heterocycles. The molecule has 2 aromatic carbocycles. The van der Waals surface area contributed by atoms with Gasteiger partial charge in [0, 0.05) is 0 Å². The van der Waals surface area contributed by atoms with E-state index in [0.717, 1.165) is 6.42 Å². The van der Waals surface area contributed by atoms with Crippen molar-refractivity contribution in [1.29, 1.82) is 0 Å². The highest BCUT2D eigenvalue weighted by Gasteiger charge is 1.92. The molecule has 2 rings (SSSR count). The lowest BCUT2D eigenvalue weighted by Gasteiger charge is -1.99. The van der Waals surface area contributed by atoms with Crippen LogP contribution in [-0.2, 0) is 6.42 Å². The summed E-state index contributed by atoms with van der Waals surface area (Å²) in [5.41, 5.74) is 1.41. The van der Waals surface area contributed by atoms with E-state index in [1.807, 2.05) is 13.8 Å². The number of hydrogen-bond donors (Lipinski definition) is 0. The molecule has 2 aromatic rings. The van der Waals surface area contributed by atoms with Gasteiger partial charge in [-0.1, -0.05) is 85.5 Å². The van der Waals surface area contributed by atoms with Crippen molar-refractivity contribution in [3.05, 3.63) is 48.0 Å². The molecular weight excluding hydrogens is 204 g/mol. The second-order valence-electron chi connectivity index (χ2n) is 3.04. The maximum atomic E-state index is 2.26. The molecule has 0 saturated heterocycles. The summed E-state index contributed by atoms with van der Waals surface area (Å²) >= 11 is 0. The lowest BCUT2D eigenvalue weighted by atomic mass is 10.1. The Morgan fingerprint density at radius 2 is 1.29 bits per heavy atom. The van der Waals surface area contributed by atoms with Crippen LogP contribution in [0.5, 0.6) is 0 Å². The number of rotatable bonds is 1. The standard InChI is InChI=1S/C12H12.C2H6.3CH4/c1-2-10-7-8-11-5-3-4-6-12(11)9-10;1-2;;;/h3-9H,2H2,1H3;1-2H3;3*1H4. The second kappa shape index (κ2) is 11.2. The molecule has 0 heteroatoms. The molecule has 0 unspecified atom stereocenters. The van der Waals surface area contributed by atoms with Crippen LogP contribution < -0.4 is 0 Å². The minimum Gasteiger partial charge on any atom is -0.0776 e. The molecule has 98 valence electrons. The van der Waals surface area contributed by atoms with Crippen molar-refractivity contribution in [3.8, 4) is 0 Å². The summed E-state index contributed by atoms with van der Waals surface area (Å²) in [5.74, 6) is 0. The van der Waals surface area contributed by atoms with Gasteiger partial charge in [0.15, 0.2) is 0 Å². The zero-order valence-electron chi connectivity index (χ0n) is 9.25. The normalized spacial score (nSPS) is 7.71. The van der Waals surface area contributed by atoms with Gasteiger partial charge in [-0.2, -0.15) is 0 Å². The third-order valence-electron chi connectivity index (χ3n) is 2.22. The van der Waals surface area contributed by atoms with Crippen molar-refractivity contribution in [2.75, 3.05) is 0 Å². The SMILES string of the molecule is C.C.C.CC.CCc1ccc2ccccc2c1. The van der Waals surface area contributed by atoms with Crippen LogP contribution in [0, 0.1) is 0 Å². The Labute approximate surface area is 109 Å². The van der Waals surface area contributed by atoms with Crippen LogP contribution in [0.3, 0.4) is 0 Å². The third kappa shape index (κ3) is 5.53. The first-order valence-corrected chi connectivity index (χ1v) is 5.38. The zero-order chi connectivity index (χ0) is 10.4. The van der Waals surface area contributed by atoms with E-state index in [9.17, 15) is 0 Å². The average Bonchev–Trinajstić information content (AvgIpc) is 2.31. The fourth-order valence-corrected chi connectivity index (χ4v) is 1.46. The monoisotopic (exact) mass is 234 g/mol. The first kappa shape index (κ1) is 21.0. The van der Waals surface area contributed by atoms with Crippen molar-refractivity contribution in [1.82, 2.24) is 0 Å². The predicted molar refractivity (Wildman–Crippen MR) is 84.9 cm³/mol. The Morgan fingerprint density at radius 3 is 1.82 bits per heavy atom. The van der Waals surface area contributed by atoms with Crippen molar-refractivity contribution in [3.63, 3.8) is 0 Å². The molecule has 0 aliphatic carbocycles. The van der Waals surface area contributed by atoms with Crippen LogP contribution in [0.15, 0.2) is 42.5 Å². The fourth-order valence-electron chi connectivity index (χ4n) is 1.46. The molecule has 0 atom stereocenters. The minimum atomic E-state index is 0. The quantitative estimate of drug-likeness (QED) is 0.540. The van der Waals surface area contributed by atoms with Gasteiger partial charge in [0.25, 0.3) is 0 Å². The van der Waals surface area contributed by atoms with Gasteiger partial charge < -0.3 is 0 Å². The molecule has 0 nitrogen and oxygen atoms in total. The molecule has 17 heavy (non-hydrogen) atoms. The van der Waals surface area contributed by atoms with Gasteiger partial charge in [-0.15, -0.1) is 0 Å². The predicted octanol–water partition coefficient (Wildman–Crippen LogP) is 6.34. The number of hydrogen-bond acceptors (Lipinski definition) is 0. The zero-order valence-corrected chi connectivity index (χ0v) is 9.25. The van der Waals surface area contributed by atoms with Gasteiger partial charge >= 0.3 is 0 Å². The Balaban J connectivity index is -0.000000373. The number of aryl methyl sites for hydroxylation is 1. The molecular formula is C17H30. The number of fused-ring (bicyclic) bond motifs is 1. The van der Waals surface area contributed by atoms with Gasteiger partial charge in [0.2, 0.25) is 0 Å². The highest BCUT2D eigenvalue weighted by Crippen LogP contribution is 2.15. The maximum Gasteiger partial charge on any atom is -0.0181 e. The summed E-state index contributed by atoms with van der Waals surface area (Å²) in [5, 5.41) is 2.67. The molecule has 0 amide bonds. The average molecular weight is 234 g/mol. The maximum absolute atomic E-state index is 2.26. The van der Waals surface area contributed by atoms with Gasteiger partial charge in [-0.3, -0.25) is 0 Å². The molecule has 0 bridgehead atoms. The Morgan fingerprint density at radius 1 is 0.765 bits per heavy atom. The Hall–Kier alpha value is -1.30. The lowest BCUT2D eigenvalue weighted by molar-refractivity contribution is 1.15. The Kier molecular flexibility index (Phi) is 13.8. The summed E-state index contributed by atoms with van der Waals surface area (Å²) < 4.78 is 0. The first-order valence-electron chi connectivity index (χ1n) is 5.38. The van der Waals surface area contributed by atoms with Crippen LogP contribution in [-0.4, -0.2) is 0 Å². The summed E-state index contributed by atoms with van der Waals surface area (Å²) in [6.07, 6.45) is 1.12. The largest absolute Gasteiger partial charge is 0.0776 e. The minimum absolute atomic E-state index is 0. The highest BCUT2D eigenvalue weighted by atomic mass is 14.0. The third-order valence-corrected chi connectivity index (χ3v) is 2.22. The van der Waals surface area contributed by atoms with Crippen molar-refractivity contribution < 1.29 is 0 Å². The van der Waals surface area contributed by atoms with Crippen molar-refractivity contribution >= 4 is 10.8 Å². The van der Waals surface area contributed by atoms with E-state index in [0.29, 0.717) is 0 Å². The molecule has 0 aromatic heterocycles. The fraction of sp³-hybridized carbons (Fsp3) is 0.412. The molecule has 0 saturated carbocycles. The van der Waals surface area contributed by atoms with Crippen LogP contribution in [0.1, 0.15) is 48.6 Å². The smallest absolute Gasteiger partial charge is 0.0181 e. The van der Waals surface area contributed by atoms with E-state index in [2.05, 4.69) is 49.4 Å². The van der Waals surface area contributed by atoms with E-state index < -0.39 is 0 Å². The van der Waals surface area contributed by atoms with E-state index in [1.165, 1.54) is 16.3 Å². The van der Waals surface area contributed by atoms with Crippen molar-refractivity contribution in [2.24, 2.45) is 0 Å².